The van der Waals surface area contributed by atoms with Gasteiger partial charge in [-0.25, -0.2) is 4.40 Å². The first kappa shape index (κ1) is 9.56. The van der Waals surface area contributed by atoms with Gasteiger partial charge in [0.2, 0.25) is 0 Å². The summed E-state index contributed by atoms with van der Waals surface area (Å²) in [6.07, 6.45) is 3.37. The van der Waals surface area contributed by atoms with Gasteiger partial charge >= 0.3 is 0 Å². The molecule has 58 valence electrons. The van der Waals surface area contributed by atoms with Crippen LogP contribution in [-0.2, 0) is 0 Å². The minimum atomic E-state index is 0.540. The van der Waals surface area contributed by atoms with Crippen molar-refractivity contribution in [1.29, 1.82) is 0 Å². The molecule has 0 aromatic heterocycles. The number of nitrogens with two attached hydrogens (primary N) is 1. The van der Waals surface area contributed by atoms with E-state index in [-0.39, 0.29) is 0 Å². The van der Waals surface area contributed by atoms with E-state index in [0.29, 0.717) is 5.92 Å². The maximum absolute atomic E-state index is 5.09. The summed E-state index contributed by atoms with van der Waals surface area (Å²) in [4.78, 5) is 1.25. The fraction of sp³-hybridized carbons (Fsp3) is 0.571. The van der Waals surface area contributed by atoms with Gasteiger partial charge in [0.1, 0.15) is 0 Å². The van der Waals surface area contributed by atoms with Gasteiger partial charge in [-0.3, -0.25) is 0 Å². The minimum Gasteiger partial charge on any atom is -0.389 e. The molecule has 0 amide bonds. The van der Waals surface area contributed by atoms with Crippen molar-refractivity contribution in [3.05, 3.63) is 11.0 Å². The van der Waals surface area contributed by atoms with E-state index < -0.39 is 0 Å². The molecule has 0 aromatic carbocycles. The Kier molecular flexibility index (Phi) is 5.12. The van der Waals surface area contributed by atoms with Gasteiger partial charge in [0.15, 0.2) is 0 Å². The third-order valence-electron chi connectivity index (χ3n) is 1.07. The molecular weight excluding hydrogens is 144 g/mol. The molecule has 0 aliphatic heterocycles. The van der Waals surface area contributed by atoms with Crippen LogP contribution in [0, 0.1) is 5.92 Å². The van der Waals surface area contributed by atoms with Crippen LogP contribution in [0.1, 0.15) is 20.8 Å². The average molecular weight is 158 g/mol. The minimum absolute atomic E-state index is 0.540. The Morgan fingerprint density at radius 3 is 2.50 bits per heavy atom. The van der Waals surface area contributed by atoms with Gasteiger partial charge in [-0.15, -0.1) is 0 Å². The molecule has 0 spiro atoms. The van der Waals surface area contributed by atoms with E-state index >= 15 is 0 Å². The molecule has 0 radical (unpaired) electrons. The molecular formula is C7H14N2S. The topological polar surface area (TPSA) is 38.4 Å². The van der Waals surface area contributed by atoms with Gasteiger partial charge in [-0.1, -0.05) is 19.9 Å². The lowest BCUT2D eigenvalue weighted by atomic mass is 10.2. The maximum Gasteiger partial charge on any atom is 0.0941 e. The molecule has 3 heteroatoms. The molecule has 2 N–H and O–H groups in total. The first-order valence-corrected chi connectivity index (χ1v) is 4.06. The van der Waals surface area contributed by atoms with Crippen molar-refractivity contribution >= 4 is 18.3 Å². The van der Waals surface area contributed by atoms with Crippen molar-refractivity contribution in [1.82, 2.24) is 0 Å². The zero-order valence-electron chi connectivity index (χ0n) is 6.66. The number of allylic oxidation sites excluding steroid dienone is 2. The standard InChI is InChI=1S/C7H14N2S/c1-4-7(6(2)3)10-9-5-8/h4-6H,1-3H3,(H2,8,9)/b7-4-. The normalized spacial score (nSPS) is 13.4. The van der Waals surface area contributed by atoms with Gasteiger partial charge < -0.3 is 5.73 Å². The molecule has 0 aliphatic rings. The van der Waals surface area contributed by atoms with E-state index in [2.05, 4.69) is 24.3 Å². The van der Waals surface area contributed by atoms with Crippen LogP contribution in [0.4, 0.5) is 0 Å². The Labute approximate surface area is 66.7 Å². The summed E-state index contributed by atoms with van der Waals surface area (Å²) in [5, 5.41) is 0. The molecule has 0 unspecified atom stereocenters. The predicted octanol–water partition coefficient (Wildman–Crippen LogP) is 2.18. The second-order valence-corrected chi connectivity index (χ2v) is 3.06. The Morgan fingerprint density at radius 1 is 1.60 bits per heavy atom. The van der Waals surface area contributed by atoms with E-state index in [0.717, 1.165) is 0 Å². The molecule has 10 heavy (non-hydrogen) atoms. The summed E-state index contributed by atoms with van der Waals surface area (Å²) in [5.74, 6) is 0.540. The van der Waals surface area contributed by atoms with Gasteiger partial charge in [0.25, 0.3) is 0 Å². The first-order valence-electron chi connectivity index (χ1n) is 3.29. The molecule has 0 aromatic rings. The van der Waals surface area contributed by atoms with Gasteiger partial charge in [-0.05, 0) is 12.8 Å². The van der Waals surface area contributed by atoms with Crippen LogP contribution in [0.3, 0.4) is 0 Å². The molecule has 0 atom stereocenters. The van der Waals surface area contributed by atoms with E-state index in [1.807, 2.05) is 6.92 Å². The zero-order valence-corrected chi connectivity index (χ0v) is 7.48. The van der Waals surface area contributed by atoms with Gasteiger partial charge in [-0.2, -0.15) is 0 Å². The first-order chi connectivity index (χ1) is 4.72. The van der Waals surface area contributed by atoms with Crippen LogP contribution >= 0.6 is 11.9 Å². The van der Waals surface area contributed by atoms with Gasteiger partial charge in [0.05, 0.1) is 6.34 Å². The van der Waals surface area contributed by atoms with E-state index in [1.54, 1.807) is 0 Å². The summed E-state index contributed by atoms with van der Waals surface area (Å²) in [6.45, 7) is 6.27. The lowest BCUT2D eigenvalue weighted by molar-refractivity contribution is 0.815. The highest BCUT2D eigenvalue weighted by Gasteiger charge is 1.99. The predicted molar refractivity (Wildman–Crippen MR) is 48.9 cm³/mol. The number of hydrogen-bond donors (Lipinski definition) is 1. The lowest BCUT2D eigenvalue weighted by Crippen LogP contribution is -1.89. The smallest absolute Gasteiger partial charge is 0.0941 e. The molecule has 0 heterocycles. The lowest BCUT2D eigenvalue weighted by Gasteiger charge is -2.04. The SMILES string of the molecule is C/C=C(\SN=CN)C(C)C. The van der Waals surface area contributed by atoms with Crippen molar-refractivity contribution in [2.45, 2.75) is 20.8 Å². The number of hydrogen-bond acceptors (Lipinski definition) is 2. The quantitative estimate of drug-likeness (QED) is 0.388. The van der Waals surface area contributed by atoms with Crippen LogP contribution in [0.15, 0.2) is 15.4 Å². The summed E-state index contributed by atoms with van der Waals surface area (Å²) in [6, 6.07) is 0. The second-order valence-electron chi connectivity index (χ2n) is 2.19. The third-order valence-corrected chi connectivity index (χ3v) is 2.22. The molecule has 0 aliphatic carbocycles. The fourth-order valence-corrected chi connectivity index (χ4v) is 1.08. The molecule has 2 nitrogen and oxygen atoms in total. The van der Waals surface area contributed by atoms with Crippen LogP contribution in [-0.4, -0.2) is 6.34 Å². The summed E-state index contributed by atoms with van der Waals surface area (Å²) in [7, 11) is 0. The van der Waals surface area contributed by atoms with Crippen molar-refractivity contribution in [2.24, 2.45) is 16.0 Å². The van der Waals surface area contributed by atoms with Crippen molar-refractivity contribution in [3.63, 3.8) is 0 Å². The Bertz CT molecular complexity index is 139. The molecule has 0 bridgehead atoms. The number of nitrogens with zero attached hydrogens (tertiary/aromatic N) is 1. The summed E-state index contributed by atoms with van der Waals surface area (Å²) >= 11 is 1.44. The average Bonchev–Trinajstić information content (AvgIpc) is 1.89. The van der Waals surface area contributed by atoms with Crippen LogP contribution < -0.4 is 5.73 Å². The highest BCUT2D eigenvalue weighted by Crippen LogP contribution is 2.23. The molecule has 0 saturated carbocycles. The van der Waals surface area contributed by atoms with Crippen molar-refractivity contribution < 1.29 is 0 Å². The molecule has 0 fully saturated rings. The fourth-order valence-electron chi connectivity index (χ4n) is 0.583. The zero-order chi connectivity index (χ0) is 7.98. The van der Waals surface area contributed by atoms with Crippen LogP contribution in [0.25, 0.3) is 0 Å². The van der Waals surface area contributed by atoms with Crippen molar-refractivity contribution in [3.8, 4) is 0 Å². The van der Waals surface area contributed by atoms with Crippen LogP contribution in [0.2, 0.25) is 0 Å². The Morgan fingerprint density at radius 2 is 2.20 bits per heavy atom. The van der Waals surface area contributed by atoms with Gasteiger partial charge in [0, 0.05) is 16.9 Å². The largest absolute Gasteiger partial charge is 0.389 e. The highest BCUT2D eigenvalue weighted by molar-refractivity contribution is 8.01. The molecule has 0 saturated heterocycles. The molecule has 0 rings (SSSR count). The van der Waals surface area contributed by atoms with E-state index in [4.69, 9.17) is 5.73 Å². The summed E-state index contributed by atoms with van der Waals surface area (Å²) < 4.78 is 3.87. The van der Waals surface area contributed by atoms with Crippen LogP contribution in [0.5, 0.6) is 0 Å². The highest BCUT2D eigenvalue weighted by atomic mass is 32.2. The second kappa shape index (κ2) is 5.35. The Balaban J connectivity index is 3.86. The van der Waals surface area contributed by atoms with E-state index in [1.165, 1.54) is 23.2 Å². The van der Waals surface area contributed by atoms with E-state index in [9.17, 15) is 0 Å². The van der Waals surface area contributed by atoms with Crippen molar-refractivity contribution in [2.75, 3.05) is 0 Å². The summed E-state index contributed by atoms with van der Waals surface area (Å²) in [5.41, 5.74) is 5.09. The Hall–Kier alpha value is -0.440. The number of rotatable bonds is 3. The monoisotopic (exact) mass is 158 g/mol. The third kappa shape index (κ3) is 3.56. The maximum atomic E-state index is 5.09.